The first-order valence-corrected chi connectivity index (χ1v) is 13.8. The number of unbranched alkanes of at least 4 members (excludes halogenated alkanes) is 1. The van der Waals surface area contributed by atoms with Crippen LogP contribution in [0.3, 0.4) is 0 Å². The Labute approximate surface area is 192 Å². The smallest absolute Gasteiger partial charge is 0.119 e. The molecule has 2 aliphatic rings. The van der Waals surface area contributed by atoms with Crippen molar-refractivity contribution in [3.05, 3.63) is 29.8 Å². The molecule has 0 atom stereocenters. The average Bonchev–Trinajstić information content (AvgIpc) is 2.78. The number of benzene rings is 1. The minimum Gasteiger partial charge on any atom is -0.493 e. The molecule has 1 aromatic carbocycles. The Morgan fingerprint density at radius 3 is 1.97 bits per heavy atom. The number of hydrogen-bond donors (Lipinski definition) is 0. The lowest BCUT2D eigenvalue weighted by molar-refractivity contribution is 0.178. The quantitative estimate of drug-likeness (QED) is 0.226. The maximum absolute atomic E-state index is 6.16. The summed E-state index contributed by atoms with van der Waals surface area (Å²) < 4.78 is 6.16. The lowest BCUT2D eigenvalue weighted by Gasteiger charge is -2.29. The standard InChI is InChI=1S/C26H40BrClO/c27-18-2-1-4-21-6-8-23(9-7-21)20-29-26-16-14-25(15-17-26)24-12-10-22(11-13-24)5-3-19-28/h14-17,21-24H,1-13,18-20H2. The van der Waals surface area contributed by atoms with E-state index in [1.165, 1.54) is 89.0 Å². The van der Waals surface area contributed by atoms with Crippen molar-refractivity contribution in [3.63, 3.8) is 0 Å². The van der Waals surface area contributed by atoms with Crippen molar-refractivity contribution >= 4 is 27.5 Å². The first kappa shape index (κ1) is 23.5. The molecule has 1 nitrogen and oxygen atoms in total. The highest BCUT2D eigenvalue weighted by Gasteiger charge is 2.23. The predicted molar refractivity (Wildman–Crippen MR) is 130 cm³/mol. The molecular weight excluding hydrogens is 444 g/mol. The number of ether oxygens (including phenoxy) is 1. The van der Waals surface area contributed by atoms with Crippen LogP contribution in [-0.4, -0.2) is 17.8 Å². The first-order chi connectivity index (χ1) is 14.3. The van der Waals surface area contributed by atoms with Gasteiger partial charge < -0.3 is 4.74 Å². The Balaban J connectivity index is 1.34. The number of alkyl halides is 2. The second-order valence-electron chi connectivity index (χ2n) is 9.50. The third-order valence-electron chi connectivity index (χ3n) is 7.39. The van der Waals surface area contributed by atoms with Crippen LogP contribution >= 0.6 is 27.5 Å². The molecule has 0 spiro atoms. The molecule has 0 saturated heterocycles. The van der Waals surface area contributed by atoms with E-state index in [2.05, 4.69) is 40.2 Å². The number of rotatable bonds is 11. The topological polar surface area (TPSA) is 9.23 Å². The van der Waals surface area contributed by atoms with E-state index in [9.17, 15) is 0 Å². The van der Waals surface area contributed by atoms with Crippen molar-refractivity contribution < 1.29 is 4.74 Å². The zero-order chi connectivity index (χ0) is 20.3. The lowest BCUT2D eigenvalue weighted by atomic mass is 9.77. The largest absolute Gasteiger partial charge is 0.493 e. The molecule has 0 unspecified atom stereocenters. The molecule has 29 heavy (non-hydrogen) atoms. The Bertz CT molecular complexity index is 544. The van der Waals surface area contributed by atoms with Gasteiger partial charge >= 0.3 is 0 Å². The summed E-state index contributed by atoms with van der Waals surface area (Å²) in [4.78, 5) is 0. The third kappa shape index (κ3) is 8.09. The van der Waals surface area contributed by atoms with Crippen LogP contribution in [0.2, 0.25) is 0 Å². The molecule has 3 heteroatoms. The second-order valence-corrected chi connectivity index (χ2v) is 10.7. The highest BCUT2D eigenvalue weighted by atomic mass is 79.9. The molecule has 0 N–H and O–H groups in total. The molecule has 0 aromatic heterocycles. The summed E-state index contributed by atoms with van der Waals surface area (Å²) in [6, 6.07) is 9.06. The van der Waals surface area contributed by atoms with Gasteiger partial charge in [-0.25, -0.2) is 0 Å². The Morgan fingerprint density at radius 1 is 0.759 bits per heavy atom. The molecular formula is C26H40BrClO. The summed E-state index contributed by atoms with van der Waals surface area (Å²) >= 11 is 9.40. The van der Waals surface area contributed by atoms with Crippen molar-refractivity contribution in [2.24, 2.45) is 17.8 Å². The van der Waals surface area contributed by atoms with E-state index in [1.54, 1.807) is 0 Å². The summed E-state index contributed by atoms with van der Waals surface area (Å²) in [5, 5.41) is 1.16. The maximum atomic E-state index is 6.16. The Kier molecular flexibility index (Phi) is 10.7. The van der Waals surface area contributed by atoms with Gasteiger partial charge in [0.1, 0.15) is 5.75 Å². The minimum absolute atomic E-state index is 0.746. The van der Waals surface area contributed by atoms with Crippen LogP contribution in [0.4, 0.5) is 0 Å². The van der Waals surface area contributed by atoms with E-state index >= 15 is 0 Å². The van der Waals surface area contributed by atoms with E-state index in [0.717, 1.165) is 47.2 Å². The SMILES string of the molecule is ClCCCC1CCC(c2ccc(OCC3CCC(CCCCBr)CC3)cc2)CC1. The minimum atomic E-state index is 0.746. The summed E-state index contributed by atoms with van der Waals surface area (Å²) in [6.45, 7) is 0.902. The van der Waals surface area contributed by atoms with E-state index in [4.69, 9.17) is 16.3 Å². The molecule has 2 aliphatic carbocycles. The monoisotopic (exact) mass is 482 g/mol. The predicted octanol–water partition coefficient (Wildman–Crippen LogP) is 8.73. The van der Waals surface area contributed by atoms with Crippen LogP contribution in [0.5, 0.6) is 5.75 Å². The number of halogens is 2. The van der Waals surface area contributed by atoms with Gasteiger partial charge in [0.15, 0.2) is 0 Å². The number of hydrogen-bond acceptors (Lipinski definition) is 1. The molecule has 1 aromatic rings. The van der Waals surface area contributed by atoms with Crippen LogP contribution in [0.1, 0.15) is 95.0 Å². The van der Waals surface area contributed by atoms with Crippen molar-refractivity contribution in [1.29, 1.82) is 0 Å². The fourth-order valence-electron chi connectivity index (χ4n) is 5.41. The molecule has 3 rings (SSSR count). The third-order valence-corrected chi connectivity index (χ3v) is 8.22. The average molecular weight is 484 g/mol. The molecule has 0 bridgehead atoms. The van der Waals surface area contributed by atoms with Gasteiger partial charge in [-0.15, -0.1) is 11.6 Å². The van der Waals surface area contributed by atoms with Crippen molar-refractivity contribution in [1.82, 2.24) is 0 Å². The van der Waals surface area contributed by atoms with E-state index in [1.807, 2.05) is 0 Å². The van der Waals surface area contributed by atoms with Crippen LogP contribution in [-0.2, 0) is 0 Å². The van der Waals surface area contributed by atoms with E-state index in [0.29, 0.717) is 0 Å². The summed E-state index contributed by atoms with van der Waals surface area (Å²) in [5.74, 6) is 5.26. The van der Waals surface area contributed by atoms with E-state index < -0.39 is 0 Å². The van der Waals surface area contributed by atoms with Gasteiger partial charge in [0.05, 0.1) is 6.61 Å². The summed E-state index contributed by atoms with van der Waals surface area (Å²) in [5.41, 5.74) is 1.51. The maximum Gasteiger partial charge on any atom is 0.119 e. The second kappa shape index (κ2) is 13.3. The van der Waals surface area contributed by atoms with Crippen molar-refractivity contribution in [3.8, 4) is 5.75 Å². The fraction of sp³-hybridized carbons (Fsp3) is 0.769. The Morgan fingerprint density at radius 2 is 1.34 bits per heavy atom. The molecule has 2 fully saturated rings. The molecule has 0 aliphatic heterocycles. The van der Waals surface area contributed by atoms with Gasteiger partial charge in [0, 0.05) is 11.2 Å². The van der Waals surface area contributed by atoms with Gasteiger partial charge in [-0.3, -0.25) is 0 Å². The van der Waals surface area contributed by atoms with E-state index in [-0.39, 0.29) is 0 Å². The highest BCUT2D eigenvalue weighted by Crippen LogP contribution is 2.38. The van der Waals surface area contributed by atoms with Crippen LogP contribution < -0.4 is 4.74 Å². The lowest BCUT2D eigenvalue weighted by Crippen LogP contribution is -2.20. The molecule has 2 saturated carbocycles. The summed E-state index contributed by atoms with van der Waals surface area (Å²) in [6.07, 6.45) is 17.6. The first-order valence-electron chi connectivity index (χ1n) is 12.1. The van der Waals surface area contributed by atoms with Crippen molar-refractivity contribution in [2.45, 2.75) is 89.4 Å². The van der Waals surface area contributed by atoms with Gasteiger partial charge in [-0.2, -0.15) is 0 Å². The zero-order valence-corrected chi connectivity index (χ0v) is 20.4. The normalized spacial score (nSPS) is 27.7. The van der Waals surface area contributed by atoms with Gasteiger partial charge in [0.2, 0.25) is 0 Å². The van der Waals surface area contributed by atoms with Gasteiger partial charge in [-0.05, 0) is 99.2 Å². The molecule has 0 amide bonds. The van der Waals surface area contributed by atoms with Gasteiger partial charge in [0.25, 0.3) is 0 Å². The fourth-order valence-corrected chi connectivity index (χ4v) is 5.97. The van der Waals surface area contributed by atoms with Gasteiger partial charge in [-0.1, -0.05) is 53.7 Å². The van der Waals surface area contributed by atoms with Crippen LogP contribution in [0.25, 0.3) is 0 Å². The highest BCUT2D eigenvalue weighted by molar-refractivity contribution is 9.09. The zero-order valence-electron chi connectivity index (χ0n) is 18.1. The van der Waals surface area contributed by atoms with Crippen LogP contribution in [0, 0.1) is 17.8 Å². The summed E-state index contributed by atoms with van der Waals surface area (Å²) in [7, 11) is 0. The Hall–Kier alpha value is -0.210. The van der Waals surface area contributed by atoms with Crippen LogP contribution in [0.15, 0.2) is 24.3 Å². The molecule has 164 valence electrons. The molecule has 0 radical (unpaired) electrons. The van der Waals surface area contributed by atoms with Crippen molar-refractivity contribution in [2.75, 3.05) is 17.8 Å². The molecule has 0 heterocycles.